The normalized spacial score (nSPS) is 49.1. The molecule has 102 valence electrons. The van der Waals surface area contributed by atoms with Gasteiger partial charge >= 0.3 is 15.6 Å². The topological polar surface area (TPSA) is 152 Å². The quantitative estimate of drug-likeness (QED) is 0.360. The van der Waals surface area contributed by atoms with Crippen LogP contribution in [0.2, 0.25) is 0 Å². The fourth-order valence-corrected chi connectivity index (χ4v) is 2.70. The van der Waals surface area contributed by atoms with E-state index in [0.29, 0.717) is 0 Å². The molecule has 0 amide bonds. The zero-order valence-corrected chi connectivity index (χ0v) is 10.4. The lowest BCUT2D eigenvalue weighted by molar-refractivity contribution is -0.158. The molecule has 1 aliphatic rings. The van der Waals surface area contributed by atoms with Crippen LogP contribution in [0.4, 0.5) is 0 Å². The molecular formula is C5H12O10P2. The lowest BCUT2D eigenvalue weighted by Gasteiger charge is -2.31. The minimum Gasteiger partial charge on any atom is -0.393 e. The van der Waals surface area contributed by atoms with Gasteiger partial charge in [-0.15, -0.1) is 9.35 Å². The van der Waals surface area contributed by atoms with E-state index in [1.807, 2.05) is 0 Å². The lowest BCUT2D eigenvalue weighted by atomic mass is 10.0. The summed E-state index contributed by atoms with van der Waals surface area (Å²) in [6.07, 6.45) is -1.65. The van der Waals surface area contributed by atoms with Crippen LogP contribution in [-0.2, 0) is 27.5 Å². The highest BCUT2D eigenvalue weighted by Crippen LogP contribution is 2.56. The summed E-state index contributed by atoms with van der Waals surface area (Å²) in [6, 6.07) is 0. The van der Waals surface area contributed by atoms with E-state index >= 15 is 0 Å². The van der Waals surface area contributed by atoms with E-state index in [-0.39, 0.29) is 0 Å². The van der Waals surface area contributed by atoms with Gasteiger partial charge in [-0.2, -0.15) is 0 Å². The van der Waals surface area contributed by atoms with Gasteiger partial charge in [-0.3, -0.25) is 9.05 Å². The molecule has 0 aliphatic carbocycles. The summed E-state index contributed by atoms with van der Waals surface area (Å²) in [4.78, 5) is 18.0. The van der Waals surface area contributed by atoms with Gasteiger partial charge < -0.3 is 20.0 Å². The van der Waals surface area contributed by atoms with Crippen molar-refractivity contribution >= 4 is 15.6 Å². The second-order valence-corrected chi connectivity index (χ2v) is 6.07. The first-order chi connectivity index (χ1) is 7.60. The Labute approximate surface area is 95.9 Å². The number of hydrogen-bond acceptors (Lipinski definition) is 8. The molecule has 2 unspecified atom stereocenters. The molecule has 1 heterocycles. The maximum absolute atomic E-state index is 11.2. The molecule has 1 saturated heterocycles. The molecule has 0 radical (unpaired) electrons. The summed E-state index contributed by atoms with van der Waals surface area (Å²) in [5.41, 5.74) is -1.92. The maximum Gasteiger partial charge on any atom is 0.500 e. The Bertz CT molecular complexity index is 370. The number of aliphatic hydroxyl groups is 2. The molecule has 0 aromatic carbocycles. The minimum absolute atomic E-state index is 0.770. The van der Waals surface area contributed by atoms with Crippen LogP contribution in [0.25, 0.3) is 0 Å². The van der Waals surface area contributed by atoms with E-state index < -0.39 is 40.6 Å². The largest absolute Gasteiger partial charge is 0.500 e. The molecule has 0 spiro atoms. The second-order valence-electron chi connectivity index (χ2n) is 3.46. The van der Waals surface area contributed by atoms with Gasteiger partial charge in [-0.25, -0.2) is 9.13 Å². The molecule has 1 fully saturated rings. The number of hydrogen-bond donors (Lipinski definition) is 4. The predicted octanol–water partition coefficient (Wildman–Crippen LogP) is -0.706. The van der Waals surface area contributed by atoms with Gasteiger partial charge in [-0.1, -0.05) is 0 Å². The number of aliphatic hydroxyl groups excluding tert-OH is 2. The van der Waals surface area contributed by atoms with E-state index in [2.05, 4.69) is 18.4 Å². The van der Waals surface area contributed by atoms with Gasteiger partial charge in [0.15, 0.2) is 0 Å². The Morgan fingerprint density at radius 3 is 2.35 bits per heavy atom. The monoisotopic (exact) mass is 294 g/mol. The minimum atomic E-state index is -4.90. The molecule has 4 N–H and O–H groups in total. The van der Waals surface area contributed by atoms with Crippen molar-refractivity contribution in [1.82, 2.24) is 0 Å². The van der Waals surface area contributed by atoms with E-state index in [4.69, 9.17) is 14.9 Å². The SMILES string of the molecule is C[C@@]1(CO)OP(=O)(O)OOP(=O)(O)OC[C@H]1O. The van der Waals surface area contributed by atoms with Crippen LogP contribution in [0.15, 0.2) is 0 Å². The third-order valence-corrected chi connectivity index (χ3v) is 3.73. The predicted molar refractivity (Wildman–Crippen MR) is 50.4 cm³/mol. The summed E-state index contributed by atoms with van der Waals surface area (Å²) in [6.45, 7) is -0.545. The summed E-state index contributed by atoms with van der Waals surface area (Å²) in [5, 5.41) is 18.5. The summed E-state index contributed by atoms with van der Waals surface area (Å²) < 4.78 is 38.4. The first-order valence-corrected chi connectivity index (χ1v) is 7.27. The summed E-state index contributed by atoms with van der Waals surface area (Å²) in [7, 11) is -9.64. The molecule has 10 nitrogen and oxygen atoms in total. The Morgan fingerprint density at radius 2 is 1.82 bits per heavy atom. The van der Waals surface area contributed by atoms with Gasteiger partial charge in [0.25, 0.3) is 0 Å². The Morgan fingerprint density at radius 1 is 1.29 bits per heavy atom. The Balaban J connectivity index is 3.01. The van der Waals surface area contributed by atoms with Crippen molar-refractivity contribution in [2.45, 2.75) is 18.6 Å². The number of rotatable bonds is 1. The molecule has 4 atom stereocenters. The van der Waals surface area contributed by atoms with Crippen LogP contribution in [-0.4, -0.2) is 44.9 Å². The molecule has 1 aliphatic heterocycles. The lowest BCUT2D eigenvalue weighted by Crippen LogP contribution is -2.46. The maximum atomic E-state index is 11.2. The van der Waals surface area contributed by atoms with Crippen LogP contribution in [0, 0.1) is 0 Å². The fourth-order valence-electron chi connectivity index (χ4n) is 0.921. The van der Waals surface area contributed by atoms with Gasteiger partial charge in [0.1, 0.15) is 11.7 Å². The Kier molecular flexibility index (Phi) is 4.49. The van der Waals surface area contributed by atoms with Crippen molar-refractivity contribution in [2.75, 3.05) is 13.2 Å². The molecule has 1 rings (SSSR count). The van der Waals surface area contributed by atoms with E-state index in [1.165, 1.54) is 0 Å². The molecule has 0 aromatic heterocycles. The highest BCUT2D eigenvalue weighted by Gasteiger charge is 2.46. The molecule has 0 saturated carbocycles. The standard InChI is InChI=1S/C5H12O10P2/c1-5(3-6)4(7)2-12-16(8,9)14-15-17(10,11)13-5/h4,6-7H,2-3H2,1H3,(H,8,9)(H,10,11)/t4-,5+/m1/s1. The van der Waals surface area contributed by atoms with Crippen molar-refractivity contribution in [3.05, 3.63) is 0 Å². The molecule has 0 aromatic rings. The van der Waals surface area contributed by atoms with Crippen LogP contribution in [0.3, 0.4) is 0 Å². The number of phosphoric ester groups is 2. The van der Waals surface area contributed by atoms with Gasteiger partial charge in [0.2, 0.25) is 0 Å². The van der Waals surface area contributed by atoms with Crippen molar-refractivity contribution in [2.24, 2.45) is 0 Å². The van der Waals surface area contributed by atoms with E-state index in [1.54, 1.807) is 0 Å². The molecule has 12 heteroatoms. The highest BCUT2D eigenvalue weighted by atomic mass is 31.2. The molecule has 17 heavy (non-hydrogen) atoms. The zero-order chi connectivity index (χ0) is 13.3. The van der Waals surface area contributed by atoms with Crippen LogP contribution in [0.1, 0.15) is 6.92 Å². The van der Waals surface area contributed by atoms with Gasteiger partial charge in [0, 0.05) is 0 Å². The third kappa shape index (κ3) is 4.08. The van der Waals surface area contributed by atoms with E-state index in [0.717, 1.165) is 6.92 Å². The smallest absolute Gasteiger partial charge is 0.393 e. The van der Waals surface area contributed by atoms with Crippen LogP contribution in [0.5, 0.6) is 0 Å². The van der Waals surface area contributed by atoms with Crippen LogP contribution >= 0.6 is 15.6 Å². The van der Waals surface area contributed by atoms with Crippen molar-refractivity contribution in [3.8, 4) is 0 Å². The van der Waals surface area contributed by atoms with Crippen LogP contribution < -0.4 is 0 Å². The average molecular weight is 294 g/mol. The van der Waals surface area contributed by atoms with Crippen molar-refractivity contribution in [3.63, 3.8) is 0 Å². The fraction of sp³-hybridized carbons (Fsp3) is 1.00. The second kappa shape index (κ2) is 5.02. The van der Waals surface area contributed by atoms with Crippen molar-refractivity contribution in [1.29, 1.82) is 0 Å². The first-order valence-electron chi connectivity index (χ1n) is 4.28. The first kappa shape index (κ1) is 15.2. The average Bonchev–Trinajstić information content (AvgIpc) is 2.24. The van der Waals surface area contributed by atoms with Gasteiger partial charge in [0.05, 0.1) is 13.2 Å². The molecule has 0 bridgehead atoms. The van der Waals surface area contributed by atoms with E-state index in [9.17, 15) is 14.2 Å². The van der Waals surface area contributed by atoms with Gasteiger partial charge in [-0.05, 0) is 6.92 Å². The summed E-state index contributed by atoms with van der Waals surface area (Å²) >= 11 is 0. The summed E-state index contributed by atoms with van der Waals surface area (Å²) in [5.74, 6) is 0. The number of phosphoric acid groups is 2. The molecular weight excluding hydrogens is 282 g/mol. The Hall–Kier alpha value is 0.140. The highest BCUT2D eigenvalue weighted by molar-refractivity contribution is 7.49. The zero-order valence-electron chi connectivity index (χ0n) is 8.62. The van der Waals surface area contributed by atoms with Crippen molar-refractivity contribution < 1.29 is 47.5 Å². The third-order valence-electron chi connectivity index (χ3n) is 1.96.